The topological polar surface area (TPSA) is 56.6 Å². The molecule has 6 nitrogen and oxygen atoms in total. The second kappa shape index (κ2) is 8.46. The van der Waals surface area contributed by atoms with E-state index in [1.165, 1.54) is 5.56 Å². The molecule has 1 aromatic heterocycles. The molecule has 0 atom stereocenters. The summed E-state index contributed by atoms with van der Waals surface area (Å²) in [6, 6.07) is 7.70. The van der Waals surface area contributed by atoms with Gasteiger partial charge in [0, 0.05) is 45.1 Å². The van der Waals surface area contributed by atoms with E-state index < -0.39 is 0 Å². The standard InChI is InChI=1S/C21H29N3O3/c1-15-18(16(2)23(3)22-15)9-10-21(25)24-13-11-17(12-14-24)27-20-8-6-5-7-19(20)26-4/h5-8,17H,9-14H2,1-4H3. The van der Waals surface area contributed by atoms with Crippen molar-refractivity contribution in [3.63, 3.8) is 0 Å². The maximum absolute atomic E-state index is 12.6. The number of nitrogens with zero attached hydrogens (tertiary/aromatic N) is 3. The van der Waals surface area contributed by atoms with Crippen molar-refractivity contribution in [1.29, 1.82) is 0 Å². The smallest absolute Gasteiger partial charge is 0.222 e. The van der Waals surface area contributed by atoms with Crippen molar-refractivity contribution in [1.82, 2.24) is 14.7 Å². The predicted molar refractivity (Wildman–Crippen MR) is 104 cm³/mol. The van der Waals surface area contributed by atoms with E-state index in [9.17, 15) is 4.79 Å². The molecule has 1 amide bonds. The van der Waals surface area contributed by atoms with Gasteiger partial charge in [-0.15, -0.1) is 0 Å². The van der Waals surface area contributed by atoms with Gasteiger partial charge in [0.05, 0.1) is 12.8 Å². The Hall–Kier alpha value is -2.50. The molecule has 0 radical (unpaired) electrons. The van der Waals surface area contributed by atoms with E-state index in [0.717, 1.165) is 55.2 Å². The largest absolute Gasteiger partial charge is 0.493 e. The van der Waals surface area contributed by atoms with Crippen LogP contribution >= 0.6 is 0 Å². The summed E-state index contributed by atoms with van der Waals surface area (Å²) in [4.78, 5) is 14.6. The van der Waals surface area contributed by atoms with Crippen molar-refractivity contribution in [2.24, 2.45) is 7.05 Å². The maximum Gasteiger partial charge on any atom is 0.222 e. The van der Waals surface area contributed by atoms with Crippen LogP contribution in [-0.4, -0.2) is 46.9 Å². The van der Waals surface area contributed by atoms with Gasteiger partial charge in [-0.2, -0.15) is 5.10 Å². The van der Waals surface area contributed by atoms with Crippen molar-refractivity contribution in [2.45, 2.75) is 45.6 Å². The van der Waals surface area contributed by atoms with Crippen molar-refractivity contribution >= 4 is 5.91 Å². The summed E-state index contributed by atoms with van der Waals surface area (Å²) in [6.07, 6.45) is 3.09. The van der Waals surface area contributed by atoms with Gasteiger partial charge in [-0.3, -0.25) is 9.48 Å². The SMILES string of the molecule is COc1ccccc1OC1CCN(C(=O)CCc2c(C)nn(C)c2C)CC1. The van der Waals surface area contributed by atoms with E-state index >= 15 is 0 Å². The molecule has 0 spiro atoms. The van der Waals surface area contributed by atoms with E-state index in [4.69, 9.17) is 9.47 Å². The molecule has 1 aliphatic heterocycles. The Morgan fingerprint density at radius 2 is 1.85 bits per heavy atom. The molecule has 1 fully saturated rings. The van der Waals surface area contributed by atoms with Crippen molar-refractivity contribution in [3.05, 3.63) is 41.2 Å². The van der Waals surface area contributed by atoms with E-state index in [1.807, 2.05) is 47.8 Å². The van der Waals surface area contributed by atoms with Gasteiger partial charge < -0.3 is 14.4 Å². The molecular formula is C21H29N3O3. The summed E-state index contributed by atoms with van der Waals surface area (Å²) in [7, 11) is 3.59. The minimum absolute atomic E-state index is 0.119. The fourth-order valence-corrected chi connectivity index (χ4v) is 3.69. The Kier molecular flexibility index (Phi) is 6.04. The van der Waals surface area contributed by atoms with Crippen LogP contribution in [0.15, 0.2) is 24.3 Å². The third kappa shape index (κ3) is 4.43. The van der Waals surface area contributed by atoms with Gasteiger partial charge in [0.15, 0.2) is 11.5 Å². The molecule has 3 rings (SSSR count). The molecule has 1 saturated heterocycles. The Morgan fingerprint density at radius 3 is 2.44 bits per heavy atom. The lowest BCUT2D eigenvalue weighted by atomic mass is 10.0. The summed E-state index contributed by atoms with van der Waals surface area (Å²) in [5.74, 6) is 1.74. The number of hydrogen-bond donors (Lipinski definition) is 0. The number of ether oxygens (including phenoxy) is 2. The van der Waals surface area contributed by atoms with Gasteiger partial charge in [0.1, 0.15) is 6.10 Å². The van der Waals surface area contributed by atoms with E-state index in [-0.39, 0.29) is 12.0 Å². The number of para-hydroxylation sites is 2. The van der Waals surface area contributed by atoms with Gasteiger partial charge in [0.25, 0.3) is 0 Å². The predicted octanol–water partition coefficient (Wildman–Crippen LogP) is 3.05. The molecule has 27 heavy (non-hydrogen) atoms. The molecule has 0 unspecified atom stereocenters. The van der Waals surface area contributed by atoms with Crippen LogP contribution in [0.5, 0.6) is 11.5 Å². The van der Waals surface area contributed by atoms with E-state index in [1.54, 1.807) is 7.11 Å². The average Bonchev–Trinajstić information content (AvgIpc) is 2.92. The van der Waals surface area contributed by atoms with Crippen LogP contribution in [0, 0.1) is 13.8 Å². The Balaban J connectivity index is 1.49. The zero-order chi connectivity index (χ0) is 19.4. The molecule has 1 aliphatic rings. The highest BCUT2D eigenvalue weighted by atomic mass is 16.5. The van der Waals surface area contributed by atoms with Gasteiger partial charge >= 0.3 is 0 Å². The zero-order valence-electron chi connectivity index (χ0n) is 16.7. The van der Waals surface area contributed by atoms with Crippen LogP contribution in [0.3, 0.4) is 0 Å². The van der Waals surface area contributed by atoms with E-state index in [0.29, 0.717) is 6.42 Å². The first-order valence-electron chi connectivity index (χ1n) is 9.56. The van der Waals surface area contributed by atoms with Crippen LogP contribution in [-0.2, 0) is 18.3 Å². The van der Waals surface area contributed by atoms with Gasteiger partial charge in [-0.25, -0.2) is 0 Å². The first kappa shape index (κ1) is 19.3. The highest BCUT2D eigenvalue weighted by molar-refractivity contribution is 5.76. The molecular weight excluding hydrogens is 342 g/mol. The molecule has 146 valence electrons. The number of amides is 1. The molecule has 0 aliphatic carbocycles. The summed E-state index contributed by atoms with van der Waals surface area (Å²) < 4.78 is 13.3. The highest BCUT2D eigenvalue weighted by Crippen LogP contribution is 2.29. The van der Waals surface area contributed by atoms with Crippen LogP contribution in [0.4, 0.5) is 0 Å². The number of carbonyl (C=O) groups is 1. The number of carbonyl (C=O) groups excluding carboxylic acids is 1. The van der Waals surface area contributed by atoms with Crippen molar-refractivity contribution in [3.8, 4) is 11.5 Å². The molecule has 0 bridgehead atoms. The van der Waals surface area contributed by atoms with Crippen LogP contribution in [0.2, 0.25) is 0 Å². The minimum Gasteiger partial charge on any atom is -0.493 e. The van der Waals surface area contributed by atoms with E-state index in [2.05, 4.69) is 12.0 Å². The van der Waals surface area contributed by atoms with Crippen LogP contribution in [0.1, 0.15) is 36.2 Å². The number of aromatic nitrogens is 2. The normalized spacial score (nSPS) is 15.0. The Morgan fingerprint density at radius 1 is 1.19 bits per heavy atom. The monoisotopic (exact) mass is 371 g/mol. The number of benzene rings is 1. The summed E-state index contributed by atoms with van der Waals surface area (Å²) >= 11 is 0. The Labute approximate surface area is 161 Å². The van der Waals surface area contributed by atoms with Gasteiger partial charge in [-0.1, -0.05) is 12.1 Å². The van der Waals surface area contributed by atoms with Gasteiger partial charge in [0.2, 0.25) is 5.91 Å². The second-order valence-electron chi connectivity index (χ2n) is 7.12. The third-order valence-electron chi connectivity index (χ3n) is 5.41. The fourth-order valence-electron chi connectivity index (χ4n) is 3.69. The lowest BCUT2D eigenvalue weighted by Gasteiger charge is -2.32. The molecule has 2 aromatic rings. The third-order valence-corrected chi connectivity index (χ3v) is 5.41. The fraction of sp³-hybridized carbons (Fsp3) is 0.524. The summed E-state index contributed by atoms with van der Waals surface area (Å²) in [6.45, 7) is 5.54. The van der Waals surface area contributed by atoms with Crippen molar-refractivity contribution < 1.29 is 14.3 Å². The summed E-state index contributed by atoms with van der Waals surface area (Å²) in [5.41, 5.74) is 3.36. The number of likely N-dealkylation sites (tertiary alicyclic amines) is 1. The first-order chi connectivity index (χ1) is 13.0. The van der Waals surface area contributed by atoms with Crippen molar-refractivity contribution in [2.75, 3.05) is 20.2 Å². The lowest BCUT2D eigenvalue weighted by Crippen LogP contribution is -2.41. The molecule has 0 N–H and O–H groups in total. The molecule has 0 saturated carbocycles. The molecule has 6 heteroatoms. The molecule has 1 aromatic carbocycles. The quantitative estimate of drug-likeness (QED) is 0.783. The zero-order valence-corrected chi connectivity index (χ0v) is 16.7. The highest BCUT2D eigenvalue weighted by Gasteiger charge is 2.25. The first-order valence-corrected chi connectivity index (χ1v) is 9.56. The minimum atomic E-state index is 0.119. The van der Waals surface area contributed by atoms with Crippen LogP contribution in [0.25, 0.3) is 0 Å². The summed E-state index contributed by atoms with van der Waals surface area (Å²) in [5, 5.41) is 4.43. The Bertz CT molecular complexity index is 792. The number of rotatable bonds is 6. The number of piperidine rings is 1. The van der Waals surface area contributed by atoms with Gasteiger partial charge in [-0.05, 0) is 38.0 Å². The lowest BCUT2D eigenvalue weighted by molar-refractivity contribution is -0.132. The number of methoxy groups -OCH3 is 1. The second-order valence-corrected chi connectivity index (χ2v) is 7.12. The van der Waals surface area contributed by atoms with Crippen LogP contribution < -0.4 is 9.47 Å². The number of hydrogen-bond acceptors (Lipinski definition) is 4. The average molecular weight is 371 g/mol. The molecule has 2 heterocycles. The maximum atomic E-state index is 12.6. The number of aryl methyl sites for hydroxylation is 2.